The molecule has 1 heterocycles. The first-order chi connectivity index (χ1) is 6.95. The maximum Gasteiger partial charge on any atom is 0.417 e. The Balaban J connectivity index is 2.87. The smallest absolute Gasteiger partial charge is 0.349 e. The van der Waals surface area contributed by atoms with Crippen molar-refractivity contribution in [1.29, 1.82) is 0 Å². The summed E-state index contributed by atoms with van der Waals surface area (Å²) in [6.45, 7) is 0.304. The fourth-order valence-corrected chi connectivity index (χ4v) is 0.997. The van der Waals surface area contributed by atoms with Crippen molar-refractivity contribution in [1.82, 2.24) is 4.98 Å². The van der Waals surface area contributed by atoms with Gasteiger partial charge in [0.15, 0.2) is 0 Å². The van der Waals surface area contributed by atoms with E-state index in [2.05, 4.69) is 10.9 Å². The summed E-state index contributed by atoms with van der Waals surface area (Å²) in [6, 6.07) is 2.27. The van der Waals surface area contributed by atoms with Crippen LogP contribution in [-0.2, 0) is 6.18 Å². The lowest BCUT2D eigenvalue weighted by atomic mass is 10.3. The number of aromatic nitrogens is 1. The lowest BCUT2D eigenvalue weighted by Gasteiger charge is -2.15. The Morgan fingerprint density at radius 3 is 2.53 bits per heavy atom. The van der Waals surface area contributed by atoms with Crippen LogP contribution in [0.25, 0.3) is 0 Å². The molecular weight excluding hydrogens is 205 g/mol. The van der Waals surface area contributed by atoms with Crippen LogP contribution >= 0.6 is 0 Å². The van der Waals surface area contributed by atoms with Gasteiger partial charge in [-0.2, -0.15) is 13.2 Å². The number of nitrogens with zero attached hydrogens (tertiary/aromatic N) is 2. The van der Waals surface area contributed by atoms with Crippen LogP contribution in [0.5, 0.6) is 0 Å². The van der Waals surface area contributed by atoms with E-state index in [1.54, 1.807) is 11.9 Å². The lowest BCUT2D eigenvalue weighted by Crippen LogP contribution is -2.18. The molecule has 0 fully saturated rings. The Morgan fingerprint density at radius 1 is 1.47 bits per heavy atom. The van der Waals surface area contributed by atoms with Gasteiger partial charge in [-0.3, -0.25) is 0 Å². The van der Waals surface area contributed by atoms with E-state index in [4.69, 9.17) is 6.42 Å². The second kappa shape index (κ2) is 4.22. The Bertz CT molecular complexity index is 362. The van der Waals surface area contributed by atoms with E-state index >= 15 is 0 Å². The number of alkyl halides is 3. The van der Waals surface area contributed by atoms with Crippen molar-refractivity contribution >= 4 is 5.82 Å². The number of hydrogen-bond acceptors (Lipinski definition) is 2. The quantitative estimate of drug-likeness (QED) is 0.701. The average Bonchev–Trinajstić information content (AvgIpc) is 2.17. The van der Waals surface area contributed by atoms with Crippen LogP contribution in [0.1, 0.15) is 5.56 Å². The molecule has 15 heavy (non-hydrogen) atoms. The summed E-state index contributed by atoms with van der Waals surface area (Å²) in [7, 11) is 1.66. The number of pyridine rings is 1. The molecule has 0 aliphatic heterocycles. The third-order valence-electron chi connectivity index (χ3n) is 1.79. The molecule has 0 amide bonds. The van der Waals surface area contributed by atoms with Crippen LogP contribution in [0.4, 0.5) is 19.0 Å². The molecule has 0 aliphatic carbocycles. The van der Waals surface area contributed by atoms with Gasteiger partial charge in [0.1, 0.15) is 5.82 Å². The Kier molecular flexibility index (Phi) is 3.20. The average molecular weight is 214 g/mol. The second-order valence-corrected chi connectivity index (χ2v) is 2.96. The number of rotatable bonds is 2. The van der Waals surface area contributed by atoms with E-state index in [-0.39, 0.29) is 0 Å². The van der Waals surface area contributed by atoms with E-state index in [1.165, 1.54) is 6.07 Å². The summed E-state index contributed by atoms with van der Waals surface area (Å²) in [6.07, 6.45) is 1.51. The molecule has 2 nitrogen and oxygen atoms in total. The molecule has 0 aromatic carbocycles. The van der Waals surface area contributed by atoms with Gasteiger partial charge in [0.2, 0.25) is 0 Å². The molecule has 5 heteroatoms. The molecule has 0 bridgehead atoms. The van der Waals surface area contributed by atoms with E-state index in [0.29, 0.717) is 12.4 Å². The minimum Gasteiger partial charge on any atom is -0.349 e. The minimum atomic E-state index is -4.35. The van der Waals surface area contributed by atoms with E-state index in [9.17, 15) is 13.2 Å². The third kappa shape index (κ3) is 2.88. The molecule has 1 aromatic heterocycles. The molecule has 0 atom stereocenters. The Morgan fingerprint density at radius 2 is 2.13 bits per heavy atom. The predicted molar refractivity (Wildman–Crippen MR) is 51.3 cm³/mol. The van der Waals surface area contributed by atoms with Crippen molar-refractivity contribution < 1.29 is 13.2 Å². The molecule has 0 unspecified atom stereocenters. The molecule has 0 saturated heterocycles. The molecule has 0 aliphatic rings. The maximum absolute atomic E-state index is 12.2. The largest absolute Gasteiger partial charge is 0.417 e. The first-order valence-corrected chi connectivity index (χ1v) is 4.13. The molecule has 0 radical (unpaired) electrons. The maximum atomic E-state index is 12.2. The van der Waals surface area contributed by atoms with Crippen molar-refractivity contribution in [2.24, 2.45) is 0 Å². The van der Waals surface area contributed by atoms with Crippen LogP contribution in [0.3, 0.4) is 0 Å². The summed E-state index contributed by atoms with van der Waals surface area (Å²) in [5.41, 5.74) is -0.764. The van der Waals surface area contributed by atoms with Crippen LogP contribution in [0, 0.1) is 12.3 Å². The highest BCUT2D eigenvalue weighted by molar-refractivity contribution is 5.40. The zero-order valence-electron chi connectivity index (χ0n) is 8.04. The van der Waals surface area contributed by atoms with Gasteiger partial charge in [-0.05, 0) is 12.1 Å². The predicted octanol–water partition coefficient (Wildman–Crippen LogP) is 2.17. The SMILES string of the molecule is C#CCN(C)c1ccc(C(F)(F)F)cn1. The van der Waals surface area contributed by atoms with Crippen LogP contribution in [-0.4, -0.2) is 18.6 Å². The summed E-state index contributed by atoms with van der Waals surface area (Å²) in [5.74, 6) is 2.79. The van der Waals surface area contributed by atoms with Crippen molar-refractivity contribution in [3.8, 4) is 12.3 Å². The van der Waals surface area contributed by atoms with Crippen LogP contribution < -0.4 is 4.90 Å². The zero-order valence-corrected chi connectivity index (χ0v) is 8.04. The number of anilines is 1. The van der Waals surface area contributed by atoms with Gasteiger partial charge < -0.3 is 4.90 Å². The Hall–Kier alpha value is -1.70. The fourth-order valence-electron chi connectivity index (χ4n) is 0.997. The number of terminal acetylenes is 1. The summed E-state index contributed by atoms with van der Waals surface area (Å²) in [4.78, 5) is 5.26. The Labute approximate surface area is 85.7 Å². The molecule has 80 valence electrons. The van der Waals surface area contributed by atoms with Gasteiger partial charge in [0.25, 0.3) is 0 Å². The first kappa shape index (κ1) is 11.4. The van der Waals surface area contributed by atoms with Gasteiger partial charge in [0.05, 0.1) is 12.1 Å². The number of halogens is 3. The van der Waals surface area contributed by atoms with Crippen molar-refractivity contribution in [3.63, 3.8) is 0 Å². The van der Waals surface area contributed by atoms with Crippen LogP contribution in [0.2, 0.25) is 0 Å². The summed E-state index contributed by atoms with van der Waals surface area (Å²) >= 11 is 0. The number of hydrogen-bond donors (Lipinski definition) is 0. The normalized spacial score (nSPS) is 10.9. The fraction of sp³-hybridized carbons (Fsp3) is 0.300. The van der Waals surface area contributed by atoms with Crippen molar-refractivity contribution in [2.45, 2.75) is 6.18 Å². The summed E-state index contributed by atoms with van der Waals surface area (Å²) in [5, 5.41) is 0. The molecule has 0 saturated carbocycles. The molecular formula is C10H9F3N2. The van der Waals surface area contributed by atoms with E-state index in [1.807, 2.05) is 0 Å². The zero-order chi connectivity index (χ0) is 11.5. The highest BCUT2D eigenvalue weighted by Crippen LogP contribution is 2.29. The topological polar surface area (TPSA) is 16.1 Å². The van der Waals surface area contributed by atoms with Gasteiger partial charge in [0, 0.05) is 13.2 Å². The standard InChI is InChI=1S/C10H9F3N2/c1-3-6-15(2)9-5-4-8(7-14-9)10(11,12)13/h1,4-5,7H,6H2,2H3. The molecule has 0 spiro atoms. The second-order valence-electron chi connectivity index (χ2n) is 2.96. The van der Waals surface area contributed by atoms with Crippen molar-refractivity contribution in [3.05, 3.63) is 23.9 Å². The van der Waals surface area contributed by atoms with Gasteiger partial charge in [-0.15, -0.1) is 6.42 Å². The molecule has 1 aromatic rings. The minimum absolute atomic E-state index is 0.304. The molecule has 0 N–H and O–H groups in total. The van der Waals surface area contributed by atoms with E-state index in [0.717, 1.165) is 12.3 Å². The van der Waals surface area contributed by atoms with Gasteiger partial charge in [-0.25, -0.2) is 4.98 Å². The van der Waals surface area contributed by atoms with Gasteiger partial charge >= 0.3 is 6.18 Å². The highest BCUT2D eigenvalue weighted by atomic mass is 19.4. The summed E-state index contributed by atoms with van der Waals surface area (Å²) < 4.78 is 36.5. The lowest BCUT2D eigenvalue weighted by molar-refractivity contribution is -0.137. The van der Waals surface area contributed by atoms with Crippen molar-refractivity contribution in [2.75, 3.05) is 18.5 Å². The third-order valence-corrected chi connectivity index (χ3v) is 1.79. The first-order valence-electron chi connectivity index (χ1n) is 4.13. The van der Waals surface area contributed by atoms with Crippen LogP contribution in [0.15, 0.2) is 18.3 Å². The van der Waals surface area contributed by atoms with Gasteiger partial charge in [-0.1, -0.05) is 5.92 Å². The van der Waals surface area contributed by atoms with E-state index < -0.39 is 11.7 Å². The molecule has 1 rings (SSSR count). The highest BCUT2D eigenvalue weighted by Gasteiger charge is 2.30. The monoisotopic (exact) mass is 214 g/mol.